The molecule has 1 saturated heterocycles. The van der Waals surface area contributed by atoms with Crippen molar-refractivity contribution in [3.8, 4) is 5.75 Å². The van der Waals surface area contributed by atoms with Gasteiger partial charge in [0.25, 0.3) is 11.8 Å². The van der Waals surface area contributed by atoms with Crippen LogP contribution in [0.3, 0.4) is 0 Å². The van der Waals surface area contributed by atoms with E-state index in [0.717, 1.165) is 10.5 Å². The van der Waals surface area contributed by atoms with Crippen LogP contribution < -0.4 is 10.1 Å². The molecule has 5 N–H and O–H groups in total. The normalized spacial score (nSPS) is 22.5. The van der Waals surface area contributed by atoms with Crippen LogP contribution in [0.25, 0.3) is 0 Å². The molecule has 0 saturated carbocycles. The molecule has 0 aliphatic carbocycles. The summed E-state index contributed by atoms with van der Waals surface area (Å²) in [6.45, 7) is 6.47. The highest BCUT2D eigenvalue weighted by Gasteiger charge is 2.48. The molecule has 48 heavy (non-hydrogen) atoms. The van der Waals surface area contributed by atoms with Crippen LogP contribution in [-0.4, -0.2) is 125 Å². The van der Waals surface area contributed by atoms with Crippen molar-refractivity contribution in [2.45, 2.75) is 77.3 Å². The van der Waals surface area contributed by atoms with Gasteiger partial charge in [-0.2, -0.15) is 0 Å². The van der Waals surface area contributed by atoms with Crippen LogP contribution in [0.1, 0.15) is 44.7 Å². The van der Waals surface area contributed by atoms with Crippen LogP contribution in [-0.2, 0) is 55.9 Å². The summed E-state index contributed by atoms with van der Waals surface area (Å²) < 4.78 is 27.5. The van der Waals surface area contributed by atoms with E-state index in [1.807, 2.05) is 0 Å². The predicted molar refractivity (Wildman–Crippen MR) is 164 cm³/mol. The Kier molecular flexibility index (Phi) is 14.4. The molecule has 0 bridgehead atoms. The molecule has 2 aliphatic heterocycles. The number of esters is 1. The first-order valence-electron chi connectivity index (χ1n) is 15.5. The number of aryl methyl sites for hydroxylation is 1. The van der Waals surface area contributed by atoms with Gasteiger partial charge in [-0.3, -0.25) is 24.1 Å². The van der Waals surface area contributed by atoms with Crippen molar-refractivity contribution in [1.29, 1.82) is 0 Å². The number of rotatable bonds is 18. The summed E-state index contributed by atoms with van der Waals surface area (Å²) in [5.74, 6) is -3.06. The largest absolute Gasteiger partial charge is 0.479 e. The fraction of sp³-hybridized carbons (Fsp3) is 0.594. The van der Waals surface area contributed by atoms with Crippen LogP contribution >= 0.6 is 0 Å². The number of aliphatic hydroxyl groups is 3. The Morgan fingerprint density at radius 1 is 0.938 bits per heavy atom. The summed E-state index contributed by atoms with van der Waals surface area (Å²) in [4.78, 5) is 59.8. The van der Waals surface area contributed by atoms with E-state index in [0.29, 0.717) is 38.2 Å². The second-order valence-corrected chi connectivity index (χ2v) is 12.2. The molecular weight excluding hydrogens is 636 g/mol. The molecule has 16 nitrogen and oxygen atoms in total. The molecule has 3 rings (SSSR count). The van der Waals surface area contributed by atoms with Crippen molar-refractivity contribution in [2.75, 3.05) is 39.5 Å². The van der Waals surface area contributed by atoms with Crippen molar-refractivity contribution in [3.05, 3.63) is 41.5 Å². The van der Waals surface area contributed by atoms with E-state index in [9.17, 15) is 44.4 Å². The Labute approximate surface area is 277 Å². The van der Waals surface area contributed by atoms with Crippen LogP contribution in [0.15, 0.2) is 30.4 Å². The van der Waals surface area contributed by atoms with E-state index >= 15 is 0 Å². The van der Waals surface area contributed by atoms with E-state index in [1.165, 1.54) is 12.2 Å². The fourth-order valence-electron chi connectivity index (χ4n) is 4.57. The summed E-state index contributed by atoms with van der Waals surface area (Å²) in [6, 6.07) is 5.01. The van der Waals surface area contributed by atoms with Crippen molar-refractivity contribution in [2.24, 2.45) is 5.41 Å². The molecule has 16 heteroatoms. The van der Waals surface area contributed by atoms with E-state index in [-0.39, 0.29) is 44.4 Å². The first-order valence-corrected chi connectivity index (χ1v) is 15.5. The molecule has 0 spiro atoms. The number of hydrogen-bond acceptors (Lipinski definition) is 13. The summed E-state index contributed by atoms with van der Waals surface area (Å²) in [6.07, 6.45) is -5.40. The minimum Gasteiger partial charge on any atom is -0.479 e. The standard InChI is InChI=1S/C32H44N2O14/c1-32(2,3)31(43)46-18-20-17-19(6-7-21(20)47-30-27(40)25(38)26(39)28(48-30)29(41)42)5-4-13-44-15-16-45-14-11-33-22(35)10-12-34-23(36)8-9-24(34)37/h6-9,17,25-28,30,38-40H,4-5,10-16,18H2,1-3H3,(H,33,35)(H,41,42)/t25-,26-,27+,28-,30?/m0/s1. The van der Waals surface area contributed by atoms with Gasteiger partial charge in [0.2, 0.25) is 12.2 Å². The van der Waals surface area contributed by atoms with E-state index < -0.39 is 59.9 Å². The first kappa shape index (κ1) is 38.5. The Morgan fingerprint density at radius 2 is 1.60 bits per heavy atom. The molecule has 0 aromatic heterocycles. The average molecular weight is 681 g/mol. The Morgan fingerprint density at radius 3 is 2.25 bits per heavy atom. The number of carbonyl (C=O) groups is 5. The monoisotopic (exact) mass is 680 g/mol. The molecule has 1 fully saturated rings. The smallest absolute Gasteiger partial charge is 0.335 e. The lowest BCUT2D eigenvalue weighted by molar-refractivity contribution is -0.271. The number of amides is 3. The average Bonchev–Trinajstić information content (AvgIpc) is 3.36. The number of carboxylic acids is 1. The SMILES string of the molecule is CC(C)(C)C(=O)OCc1cc(CCCOCCOCCNC(=O)CCN2C(=O)C=CC2=O)ccc1OC1O[C@H](C(=O)O)[C@@H](O)[C@H](O)[C@H]1O. The summed E-state index contributed by atoms with van der Waals surface area (Å²) in [5.41, 5.74) is 0.477. The van der Waals surface area contributed by atoms with Crippen LogP contribution in [0.4, 0.5) is 0 Å². The minimum absolute atomic E-state index is 0.00198. The van der Waals surface area contributed by atoms with Gasteiger partial charge in [-0.15, -0.1) is 0 Å². The van der Waals surface area contributed by atoms with Gasteiger partial charge in [0.15, 0.2) is 6.10 Å². The molecule has 0 radical (unpaired) electrons. The van der Waals surface area contributed by atoms with Gasteiger partial charge in [-0.25, -0.2) is 4.79 Å². The topological polar surface area (TPSA) is 228 Å². The van der Waals surface area contributed by atoms with Gasteiger partial charge < -0.3 is 49.4 Å². The molecule has 2 heterocycles. The zero-order chi connectivity index (χ0) is 35.4. The van der Waals surface area contributed by atoms with Crippen LogP contribution in [0.2, 0.25) is 0 Å². The summed E-state index contributed by atoms with van der Waals surface area (Å²) in [5, 5.41) is 42.5. The van der Waals surface area contributed by atoms with Gasteiger partial charge in [0.1, 0.15) is 30.7 Å². The van der Waals surface area contributed by atoms with Gasteiger partial charge >= 0.3 is 11.9 Å². The van der Waals surface area contributed by atoms with Crippen LogP contribution in [0.5, 0.6) is 5.75 Å². The molecule has 5 atom stereocenters. The number of nitrogens with one attached hydrogen (secondary N) is 1. The van der Waals surface area contributed by atoms with Crippen LogP contribution in [0, 0.1) is 5.41 Å². The molecule has 1 aromatic rings. The highest BCUT2D eigenvalue weighted by molar-refractivity contribution is 6.13. The highest BCUT2D eigenvalue weighted by atomic mass is 16.7. The number of imide groups is 1. The number of carbonyl (C=O) groups excluding carboxylic acids is 4. The number of carboxylic acid groups (broad SMARTS) is 1. The van der Waals surface area contributed by atoms with E-state index in [1.54, 1.807) is 39.0 Å². The third kappa shape index (κ3) is 11.4. The highest BCUT2D eigenvalue weighted by Crippen LogP contribution is 2.29. The summed E-state index contributed by atoms with van der Waals surface area (Å²) in [7, 11) is 0. The molecule has 1 unspecified atom stereocenters. The summed E-state index contributed by atoms with van der Waals surface area (Å²) >= 11 is 0. The molecular formula is C32H44N2O14. The second kappa shape index (κ2) is 18.0. The Hall–Kier alpha value is -3.93. The number of aliphatic hydroxyl groups excluding tert-OH is 3. The second-order valence-electron chi connectivity index (χ2n) is 12.2. The quantitative estimate of drug-likeness (QED) is 0.0745. The lowest BCUT2D eigenvalue weighted by Gasteiger charge is -2.38. The predicted octanol–water partition coefficient (Wildman–Crippen LogP) is -0.556. The number of benzene rings is 1. The number of nitrogens with zero attached hydrogens (tertiary/aromatic N) is 1. The van der Waals surface area contributed by atoms with Gasteiger partial charge in [-0.05, 0) is 51.3 Å². The number of aliphatic carboxylic acids is 1. The number of hydrogen-bond donors (Lipinski definition) is 5. The Balaban J connectivity index is 1.41. The van der Waals surface area contributed by atoms with Gasteiger partial charge in [0, 0.05) is 43.8 Å². The van der Waals surface area contributed by atoms with Crippen molar-refractivity contribution in [1.82, 2.24) is 10.2 Å². The van der Waals surface area contributed by atoms with Crippen molar-refractivity contribution >= 4 is 29.7 Å². The number of ether oxygens (including phenoxy) is 5. The lowest BCUT2D eigenvalue weighted by atomic mass is 9.97. The maximum Gasteiger partial charge on any atom is 0.335 e. The van der Waals surface area contributed by atoms with E-state index in [2.05, 4.69) is 5.32 Å². The lowest BCUT2D eigenvalue weighted by Crippen LogP contribution is -2.61. The zero-order valence-electron chi connectivity index (χ0n) is 27.2. The zero-order valence-corrected chi connectivity index (χ0v) is 27.2. The maximum absolute atomic E-state index is 12.4. The fourth-order valence-corrected chi connectivity index (χ4v) is 4.57. The van der Waals surface area contributed by atoms with Crippen molar-refractivity contribution < 1.29 is 68.1 Å². The Bertz CT molecular complexity index is 1310. The molecule has 3 amide bonds. The van der Waals surface area contributed by atoms with Gasteiger partial charge in [0.05, 0.1) is 25.2 Å². The molecule has 266 valence electrons. The minimum atomic E-state index is -1.87. The molecule has 2 aliphatic rings. The third-order valence-corrected chi connectivity index (χ3v) is 7.31. The van der Waals surface area contributed by atoms with Gasteiger partial charge in [-0.1, -0.05) is 6.07 Å². The van der Waals surface area contributed by atoms with E-state index in [4.69, 9.17) is 23.7 Å². The first-order chi connectivity index (χ1) is 22.7. The molecule has 1 aromatic carbocycles. The van der Waals surface area contributed by atoms with Crippen molar-refractivity contribution in [3.63, 3.8) is 0 Å². The third-order valence-electron chi connectivity index (χ3n) is 7.31. The maximum atomic E-state index is 12.4.